The van der Waals surface area contributed by atoms with Gasteiger partial charge in [-0.1, -0.05) is 6.92 Å². The number of hydrogen-bond donors (Lipinski definition) is 1. The Balaban J connectivity index is 2.13. The lowest BCUT2D eigenvalue weighted by molar-refractivity contribution is 0.174. The predicted molar refractivity (Wildman–Crippen MR) is 55.9 cm³/mol. The molecular weight excluding hydrogens is 192 g/mol. The zero-order valence-electron chi connectivity index (χ0n) is 8.49. The second-order valence-corrected chi connectivity index (χ2v) is 3.30. The van der Waals surface area contributed by atoms with Crippen LogP contribution in [0.5, 0.6) is 11.5 Å². The summed E-state index contributed by atoms with van der Waals surface area (Å²) in [7, 11) is 0. The van der Waals surface area contributed by atoms with Gasteiger partial charge in [-0.25, -0.2) is 0 Å². The maximum atomic E-state index is 8.81. The molecule has 1 N–H and O–H groups in total. The molecule has 1 aromatic rings. The van der Waals surface area contributed by atoms with Crippen LogP contribution in [0, 0.1) is 11.3 Å². The molecule has 1 atom stereocenters. The van der Waals surface area contributed by atoms with Crippen LogP contribution in [-0.4, -0.2) is 12.8 Å². The summed E-state index contributed by atoms with van der Waals surface area (Å²) in [5.41, 5.74) is 0.882. The van der Waals surface area contributed by atoms with Crippen molar-refractivity contribution in [3.8, 4) is 17.6 Å². The summed E-state index contributed by atoms with van der Waals surface area (Å²) in [4.78, 5) is 0. The maximum Gasteiger partial charge on any atom is 0.231 e. The quantitative estimate of drug-likeness (QED) is 0.819. The van der Waals surface area contributed by atoms with Crippen molar-refractivity contribution >= 4 is 5.69 Å². The topological polar surface area (TPSA) is 54.3 Å². The average molecular weight is 204 g/mol. The first-order chi connectivity index (χ1) is 7.33. The highest BCUT2D eigenvalue weighted by atomic mass is 16.7. The van der Waals surface area contributed by atoms with Gasteiger partial charge in [-0.15, -0.1) is 0 Å². The van der Waals surface area contributed by atoms with Crippen molar-refractivity contribution < 1.29 is 9.47 Å². The van der Waals surface area contributed by atoms with Crippen LogP contribution in [0.4, 0.5) is 5.69 Å². The van der Waals surface area contributed by atoms with Gasteiger partial charge < -0.3 is 14.8 Å². The van der Waals surface area contributed by atoms with Crippen molar-refractivity contribution in [3.05, 3.63) is 18.2 Å². The Morgan fingerprint density at radius 1 is 1.47 bits per heavy atom. The molecule has 1 aromatic carbocycles. The lowest BCUT2D eigenvalue weighted by atomic mass is 10.2. The van der Waals surface area contributed by atoms with Gasteiger partial charge in [-0.05, 0) is 18.6 Å². The Bertz CT molecular complexity index is 398. The number of nitrogens with one attached hydrogen (secondary N) is 1. The molecule has 0 aliphatic carbocycles. The standard InChI is InChI=1S/C11H12N2O2/c1-2-8(6-12)13-9-3-4-10-11(5-9)15-7-14-10/h3-5,8,13H,2,7H2,1H3. The van der Waals surface area contributed by atoms with E-state index >= 15 is 0 Å². The number of nitriles is 1. The second-order valence-electron chi connectivity index (χ2n) is 3.30. The number of ether oxygens (including phenoxy) is 2. The summed E-state index contributed by atoms with van der Waals surface area (Å²) < 4.78 is 10.4. The van der Waals surface area contributed by atoms with Crippen molar-refractivity contribution in [2.24, 2.45) is 0 Å². The molecule has 0 radical (unpaired) electrons. The van der Waals surface area contributed by atoms with Gasteiger partial charge in [0.05, 0.1) is 6.07 Å². The average Bonchev–Trinajstić information content (AvgIpc) is 2.73. The fourth-order valence-electron chi connectivity index (χ4n) is 1.41. The van der Waals surface area contributed by atoms with Crippen LogP contribution in [0.2, 0.25) is 0 Å². The zero-order chi connectivity index (χ0) is 10.7. The number of hydrogen-bond acceptors (Lipinski definition) is 4. The number of benzene rings is 1. The van der Waals surface area contributed by atoms with E-state index in [4.69, 9.17) is 14.7 Å². The van der Waals surface area contributed by atoms with E-state index in [1.165, 1.54) is 0 Å². The fraction of sp³-hybridized carbons (Fsp3) is 0.364. The third-order valence-corrected chi connectivity index (χ3v) is 2.28. The van der Waals surface area contributed by atoms with Gasteiger partial charge in [0.1, 0.15) is 6.04 Å². The fourth-order valence-corrected chi connectivity index (χ4v) is 1.41. The van der Waals surface area contributed by atoms with Crippen LogP contribution in [0.25, 0.3) is 0 Å². The Labute approximate surface area is 88.4 Å². The largest absolute Gasteiger partial charge is 0.454 e. The number of fused-ring (bicyclic) bond motifs is 1. The molecule has 2 rings (SSSR count). The molecule has 0 aromatic heterocycles. The molecule has 4 nitrogen and oxygen atoms in total. The van der Waals surface area contributed by atoms with Crippen molar-refractivity contribution in [2.75, 3.05) is 12.1 Å². The van der Waals surface area contributed by atoms with Crippen LogP contribution >= 0.6 is 0 Å². The summed E-state index contributed by atoms with van der Waals surface area (Å²) in [6.45, 7) is 2.24. The number of anilines is 1. The minimum Gasteiger partial charge on any atom is -0.454 e. The van der Waals surface area contributed by atoms with Crippen molar-refractivity contribution in [1.82, 2.24) is 0 Å². The molecule has 4 heteroatoms. The third kappa shape index (κ3) is 1.96. The van der Waals surface area contributed by atoms with E-state index in [1.807, 2.05) is 25.1 Å². The van der Waals surface area contributed by atoms with Gasteiger partial charge in [0.25, 0.3) is 0 Å². The third-order valence-electron chi connectivity index (χ3n) is 2.28. The summed E-state index contributed by atoms with van der Waals surface area (Å²) in [5.74, 6) is 1.48. The van der Waals surface area contributed by atoms with Crippen molar-refractivity contribution in [1.29, 1.82) is 5.26 Å². The van der Waals surface area contributed by atoms with Gasteiger partial charge in [-0.3, -0.25) is 0 Å². The lowest BCUT2D eigenvalue weighted by Gasteiger charge is -2.10. The number of rotatable bonds is 3. The first kappa shape index (κ1) is 9.66. The molecule has 1 aliphatic rings. The molecule has 1 aliphatic heterocycles. The molecule has 0 saturated heterocycles. The zero-order valence-corrected chi connectivity index (χ0v) is 8.49. The summed E-state index contributed by atoms with van der Waals surface area (Å²) >= 11 is 0. The first-order valence-corrected chi connectivity index (χ1v) is 4.89. The van der Waals surface area contributed by atoms with E-state index in [9.17, 15) is 0 Å². The monoisotopic (exact) mass is 204 g/mol. The Hall–Kier alpha value is -1.89. The van der Waals surface area contributed by atoms with E-state index in [0.29, 0.717) is 0 Å². The second kappa shape index (κ2) is 4.09. The summed E-state index contributed by atoms with van der Waals surface area (Å²) in [6, 6.07) is 7.60. The van der Waals surface area contributed by atoms with Crippen LogP contribution in [0.15, 0.2) is 18.2 Å². The van der Waals surface area contributed by atoms with Gasteiger partial charge in [-0.2, -0.15) is 5.26 Å². The molecule has 15 heavy (non-hydrogen) atoms. The van der Waals surface area contributed by atoms with Crippen LogP contribution < -0.4 is 14.8 Å². The van der Waals surface area contributed by atoms with Gasteiger partial charge in [0.2, 0.25) is 6.79 Å². The van der Waals surface area contributed by atoms with E-state index in [2.05, 4.69) is 11.4 Å². The molecule has 0 fully saturated rings. The molecule has 1 unspecified atom stereocenters. The smallest absolute Gasteiger partial charge is 0.231 e. The maximum absolute atomic E-state index is 8.81. The van der Waals surface area contributed by atoms with Crippen LogP contribution in [0.1, 0.15) is 13.3 Å². The van der Waals surface area contributed by atoms with Gasteiger partial charge in [0, 0.05) is 11.8 Å². The predicted octanol–water partition coefficient (Wildman–Crippen LogP) is 2.13. The lowest BCUT2D eigenvalue weighted by Crippen LogP contribution is -2.15. The molecule has 0 saturated carbocycles. The minimum atomic E-state index is -0.162. The Morgan fingerprint density at radius 3 is 3.00 bits per heavy atom. The minimum absolute atomic E-state index is 0.162. The highest BCUT2D eigenvalue weighted by Crippen LogP contribution is 2.34. The molecule has 1 heterocycles. The Morgan fingerprint density at radius 2 is 2.27 bits per heavy atom. The van der Waals surface area contributed by atoms with Crippen LogP contribution in [-0.2, 0) is 0 Å². The van der Waals surface area contributed by atoms with Gasteiger partial charge in [0.15, 0.2) is 11.5 Å². The Kier molecular flexibility index (Phi) is 2.64. The van der Waals surface area contributed by atoms with E-state index in [-0.39, 0.29) is 12.8 Å². The highest BCUT2D eigenvalue weighted by molar-refractivity contribution is 5.56. The van der Waals surface area contributed by atoms with Gasteiger partial charge >= 0.3 is 0 Å². The van der Waals surface area contributed by atoms with E-state index in [1.54, 1.807) is 0 Å². The molecule has 0 spiro atoms. The van der Waals surface area contributed by atoms with Crippen molar-refractivity contribution in [2.45, 2.75) is 19.4 Å². The molecule has 0 amide bonds. The van der Waals surface area contributed by atoms with Crippen molar-refractivity contribution in [3.63, 3.8) is 0 Å². The molecule has 78 valence electrons. The normalized spacial score (nSPS) is 14.4. The summed E-state index contributed by atoms with van der Waals surface area (Å²) in [6.07, 6.45) is 0.769. The van der Waals surface area contributed by atoms with Crippen LogP contribution in [0.3, 0.4) is 0 Å². The molecular formula is C11H12N2O2. The summed E-state index contributed by atoms with van der Waals surface area (Å²) in [5, 5.41) is 11.9. The van der Waals surface area contributed by atoms with E-state index < -0.39 is 0 Å². The first-order valence-electron chi connectivity index (χ1n) is 4.89. The number of nitrogens with zero attached hydrogens (tertiary/aromatic N) is 1. The highest BCUT2D eigenvalue weighted by Gasteiger charge is 2.14. The van der Waals surface area contributed by atoms with E-state index in [0.717, 1.165) is 23.6 Å². The SMILES string of the molecule is CCC(C#N)Nc1ccc2c(c1)OCO2. The molecule has 0 bridgehead atoms.